The maximum atomic E-state index is 10.9. The number of hydrogen-bond donors (Lipinski definition) is 2. The summed E-state index contributed by atoms with van der Waals surface area (Å²) in [5, 5.41) is 8.06. The second-order valence-corrected chi connectivity index (χ2v) is 6.35. The third-order valence-electron chi connectivity index (χ3n) is 3.12. The molecule has 0 aliphatic carbocycles. The zero-order valence-electron chi connectivity index (χ0n) is 14.1. The maximum Gasteiger partial charge on any atom is 0.0701 e. The van der Waals surface area contributed by atoms with Gasteiger partial charge in [0.25, 0.3) is 11.8 Å². The molecule has 153 valence electrons. The van der Waals surface area contributed by atoms with Crippen LogP contribution in [-0.4, -0.2) is 89.4 Å². The summed E-state index contributed by atoms with van der Waals surface area (Å²) in [6.45, 7) is 0. The van der Waals surface area contributed by atoms with E-state index in [0.717, 1.165) is 11.3 Å². The molecule has 2 amide bonds. The quantitative estimate of drug-likeness (QED) is 0.371. The SMILES string of the molecule is O=C(O)OP(=O)(O)ON1C(=O)CCC1=O.[Co].[KH].c1ccc(-c2ccccn2)cc1. The molecule has 1 fully saturated rings. The number of rotatable bonds is 4. The van der Waals surface area contributed by atoms with Crippen LogP contribution in [0.15, 0.2) is 54.7 Å². The Morgan fingerprint density at radius 3 is 2.07 bits per heavy atom. The van der Waals surface area contributed by atoms with Crippen LogP contribution in [0, 0.1) is 0 Å². The molecule has 2 heterocycles. The number of imide groups is 1. The summed E-state index contributed by atoms with van der Waals surface area (Å²) in [7, 11) is -4.99. The number of benzene rings is 1. The summed E-state index contributed by atoms with van der Waals surface area (Å²) >= 11 is 0. The first kappa shape index (κ1) is 28.1. The van der Waals surface area contributed by atoms with Gasteiger partial charge in [0.1, 0.15) is 0 Å². The van der Waals surface area contributed by atoms with E-state index in [1.165, 1.54) is 0 Å². The van der Waals surface area contributed by atoms with E-state index in [0.29, 0.717) is 0 Å². The fourth-order valence-corrected chi connectivity index (χ4v) is 2.63. The molecule has 0 spiro atoms. The van der Waals surface area contributed by atoms with Crippen molar-refractivity contribution in [3.05, 3.63) is 54.7 Å². The molecule has 1 unspecified atom stereocenters. The summed E-state index contributed by atoms with van der Waals surface area (Å²) in [4.78, 5) is 44.7. The number of hydrogen-bond acceptors (Lipinski definition) is 7. The van der Waals surface area contributed by atoms with E-state index in [1.807, 2.05) is 42.6 Å². The number of phosphoric ester groups is 1. The van der Waals surface area contributed by atoms with Crippen molar-refractivity contribution in [2.75, 3.05) is 0 Å². The van der Waals surface area contributed by atoms with Gasteiger partial charge in [-0.1, -0.05) is 36.4 Å². The first-order valence-corrected chi connectivity index (χ1v) is 9.05. The number of nitrogens with zero attached hydrogens (tertiary/aromatic N) is 2. The molecule has 1 aliphatic rings. The Hall–Kier alpha value is -0.927. The molecule has 1 atom stereocenters. The van der Waals surface area contributed by atoms with Crippen molar-refractivity contribution in [3.8, 4) is 11.3 Å². The number of amides is 2. The van der Waals surface area contributed by atoms with Crippen molar-refractivity contribution in [2.45, 2.75) is 12.8 Å². The molecule has 13 heteroatoms. The number of aromatic nitrogens is 1. The second kappa shape index (κ2) is 13.4. The van der Waals surface area contributed by atoms with Crippen LogP contribution < -0.4 is 0 Å². The van der Waals surface area contributed by atoms with Gasteiger partial charge in [0, 0.05) is 41.4 Å². The molecule has 1 aromatic heterocycles. The number of carbonyl (C=O) groups is 3. The average molecular weight is 493 g/mol. The Balaban J connectivity index is 0.000000514. The number of carboxylic acid groups (broad SMARTS) is 1. The number of carbonyl (C=O) groups excluding carboxylic acids is 2. The van der Waals surface area contributed by atoms with Gasteiger partial charge in [0.15, 0.2) is 0 Å². The molecule has 10 nitrogen and oxygen atoms in total. The van der Waals surface area contributed by atoms with Crippen LogP contribution in [0.4, 0.5) is 4.79 Å². The standard InChI is InChI=1S/C11H9N.C5H6NO8P.Co.K.H/c1-2-6-10(7-3-1)11-8-4-5-9-12-11;7-3-1-2-4(8)6(3)14-15(11,12)13-5(9)10;;;/h1-9H;1-2H2,(H,9,10)(H,11,12);;;. The first-order valence-electron chi connectivity index (χ1n) is 7.56. The van der Waals surface area contributed by atoms with E-state index in [1.54, 1.807) is 0 Å². The fourth-order valence-electron chi connectivity index (χ4n) is 2.01. The van der Waals surface area contributed by atoms with Crippen LogP contribution in [-0.2, 0) is 40.1 Å². The van der Waals surface area contributed by atoms with Crippen molar-refractivity contribution in [1.29, 1.82) is 0 Å². The summed E-state index contributed by atoms with van der Waals surface area (Å²) in [5.74, 6) is -1.66. The maximum absolute atomic E-state index is 10.9. The molecule has 29 heavy (non-hydrogen) atoms. The molecular weight excluding hydrogens is 477 g/mol. The Labute approximate surface area is 218 Å². The van der Waals surface area contributed by atoms with Crippen LogP contribution in [0.2, 0.25) is 0 Å². The minimum absolute atomic E-state index is 0. The minimum Gasteiger partial charge on any atom is -0.256 e. The Kier molecular flexibility index (Phi) is 13.0. The van der Waals surface area contributed by atoms with E-state index in [-0.39, 0.29) is 86.1 Å². The zero-order valence-corrected chi connectivity index (χ0v) is 16.1. The number of pyridine rings is 1. The monoisotopic (exact) mass is 493 g/mol. The van der Waals surface area contributed by atoms with Gasteiger partial charge in [-0.25, -0.2) is 9.36 Å². The molecule has 2 N–H and O–H groups in total. The molecule has 1 aliphatic heterocycles. The van der Waals surface area contributed by atoms with Crippen LogP contribution in [0.25, 0.3) is 11.3 Å². The first-order chi connectivity index (χ1) is 12.8. The largest absolute Gasteiger partial charge is 0.256 e. The second-order valence-electron chi connectivity index (χ2n) is 5.07. The van der Waals surface area contributed by atoms with Crippen molar-refractivity contribution in [3.63, 3.8) is 0 Å². The number of phosphoric acid groups is 1. The van der Waals surface area contributed by atoms with E-state index >= 15 is 0 Å². The van der Waals surface area contributed by atoms with E-state index in [2.05, 4.69) is 26.3 Å². The molecule has 1 radical (unpaired) electrons. The van der Waals surface area contributed by atoms with Crippen molar-refractivity contribution >= 4 is 77.2 Å². The molecule has 0 bridgehead atoms. The molecule has 3 rings (SSSR count). The van der Waals surface area contributed by atoms with Crippen molar-refractivity contribution in [1.82, 2.24) is 10.0 Å². The van der Waals surface area contributed by atoms with Gasteiger partial charge in [-0.05, 0) is 12.1 Å². The van der Waals surface area contributed by atoms with Gasteiger partial charge in [-0.15, -0.1) is 9.69 Å². The van der Waals surface area contributed by atoms with Crippen molar-refractivity contribution in [2.24, 2.45) is 0 Å². The molecule has 1 aromatic carbocycles. The third kappa shape index (κ3) is 9.61. The number of hydroxylamine groups is 2. The summed E-state index contributed by atoms with van der Waals surface area (Å²) < 4.78 is 18.3. The zero-order chi connectivity index (χ0) is 19.9. The van der Waals surface area contributed by atoms with Crippen LogP contribution in [0.3, 0.4) is 0 Å². The van der Waals surface area contributed by atoms with E-state index in [4.69, 9.17) is 10.00 Å². The Bertz CT molecular complexity index is 818. The molecule has 2 aromatic rings. The van der Waals surface area contributed by atoms with Crippen LogP contribution in [0.5, 0.6) is 0 Å². The van der Waals surface area contributed by atoms with Crippen LogP contribution >= 0.6 is 7.82 Å². The Morgan fingerprint density at radius 2 is 1.59 bits per heavy atom. The molecule has 1 saturated heterocycles. The van der Waals surface area contributed by atoms with Gasteiger partial charge >= 0.3 is 65.4 Å². The van der Waals surface area contributed by atoms with Gasteiger partial charge in [-0.2, -0.15) is 0 Å². The van der Waals surface area contributed by atoms with E-state index < -0.39 is 25.8 Å². The topological polar surface area (TPSA) is 143 Å². The predicted octanol–water partition coefficient (Wildman–Crippen LogP) is 1.96. The van der Waals surface area contributed by atoms with E-state index in [9.17, 15) is 18.9 Å². The molecular formula is C16H16CoKN2O8P. The Morgan fingerprint density at radius 1 is 1.03 bits per heavy atom. The van der Waals surface area contributed by atoms with Gasteiger partial charge in [-0.3, -0.25) is 19.5 Å². The summed E-state index contributed by atoms with van der Waals surface area (Å²) in [5.41, 5.74) is 2.19. The summed E-state index contributed by atoms with van der Waals surface area (Å²) in [6.07, 6.45) is -0.569. The van der Waals surface area contributed by atoms with Gasteiger partial charge < -0.3 is 9.63 Å². The molecule has 0 saturated carbocycles. The fraction of sp³-hybridized carbons (Fsp3) is 0.125. The predicted molar refractivity (Wildman–Crippen MR) is 97.9 cm³/mol. The van der Waals surface area contributed by atoms with Crippen LogP contribution in [0.1, 0.15) is 12.8 Å². The smallest absolute Gasteiger partial charge is 0.0701 e. The normalized spacial score (nSPS) is 14.4. The minimum atomic E-state index is -4.99. The average Bonchev–Trinajstić information content (AvgIpc) is 2.94. The summed E-state index contributed by atoms with van der Waals surface area (Å²) in [6, 6.07) is 16.1. The van der Waals surface area contributed by atoms with Crippen molar-refractivity contribution < 1.29 is 54.9 Å². The van der Waals surface area contributed by atoms with Gasteiger partial charge in [0.05, 0.1) is 5.69 Å². The third-order valence-corrected chi connectivity index (χ3v) is 3.88. The van der Waals surface area contributed by atoms with Gasteiger partial charge in [0.2, 0.25) is 0 Å².